The van der Waals surface area contributed by atoms with Gasteiger partial charge in [0, 0.05) is 6.92 Å². The van der Waals surface area contributed by atoms with E-state index in [1.807, 2.05) is 0 Å². The van der Waals surface area contributed by atoms with E-state index >= 15 is 0 Å². The second-order valence-corrected chi connectivity index (χ2v) is 1.96. The Morgan fingerprint density at radius 3 is 2.33 bits per heavy atom. The first-order valence-corrected chi connectivity index (χ1v) is 3.08. The highest BCUT2D eigenvalue weighted by Gasteiger charge is 2.03. The molecule has 0 spiro atoms. The van der Waals surface area contributed by atoms with E-state index in [0.29, 0.717) is 0 Å². The zero-order valence-corrected chi connectivity index (χ0v) is 6.46. The van der Waals surface area contributed by atoms with Crippen molar-refractivity contribution in [3.63, 3.8) is 0 Å². The maximum Gasteiger partial charge on any atom is 0.217 e. The van der Waals surface area contributed by atoms with Crippen LogP contribution < -0.4 is 5.32 Å². The molecule has 0 aromatic rings. The van der Waals surface area contributed by atoms with E-state index in [2.05, 4.69) is 5.32 Å². The van der Waals surface area contributed by atoms with Crippen LogP contribution in [0.1, 0.15) is 6.92 Å². The van der Waals surface area contributed by atoms with E-state index in [0.717, 1.165) is 0 Å². The Balaban J connectivity index is 4.30. The van der Waals surface area contributed by atoms with Crippen LogP contribution in [-0.4, -0.2) is 17.6 Å². The van der Waals surface area contributed by atoms with Crippen molar-refractivity contribution in [1.82, 2.24) is 5.32 Å². The molecule has 0 fully saturated rings. The fourth-order valence-corrected chi connectivity index (χ4v) is 0.451. The SMILES string of the molecule is CC(=O)NCC(O)=C(C#N)C#N. The van der Waals surface area contributed by atoms with Gasteiger partial charge < -0.3 is 10.4 Å². The smallest absolute Gasteiger partial charge is 0.217 e. The molecule has 1 amide bonds. The number of carbonyl (C=O) groups is 1. The second-order valence-electron chi connectivity index (χ2n) is 1.96. The van der Waals surface area contributed by atoms with E-state index in [-0.39, 0.29) is 18.0 Å². The summed E-state index contributed by atoms with van der Waals surface area (Å²) < 4.78 is 0. The lowest BCUT2D eigenvalue weighted by atomic mass is 10.2. The molecule has 0 aliphatic rings. The largest absolute Gasteiger partial charge is 0.508 e. The van der Waals surface area contributed by atoms with Gasteiger partial charge >= 0.3 is 0 Å². The highest BCUT2D eigenvalue weighted by atomic mass is 16.3. The van der Waals surface area contributed by atoms with Crippen molar-refractivity contribution in [2.45, 2.75) is 6.92 Å². The molecular formula is C7H7N3O2. The van der Waals surface area contributed by atoms with Crippen molar-refractivity contribution in [3.05, 3.63) is 11.3 Å². The molecule has 5 heteroatoms. The molecule has 0 aliphatic heterocycles. The topological polar surface area (TPSA) is 96.9 Å². The van der Waals surface area contributed by atoms with Crippen molar-refractivity contribution in [2.24, 2.45) is 0 Å². The lowest BCUT2D eigenvalue weighted by Gasteiger charge is -1.99. The number of nitrogens with zero attached hydrogens (tertiary/aromatic N) is 2. The number of nitrogens with one attached hydrogen (secondary N) is 1. The summed E-state index contributed by atoms with van der Waals surface area (Å²) >= 11 is 0. The number of allylic oxidation sites excluding steroid dienone is 1. The molecule has 0 saturated heterocycles. The number of amides is 1. The third-order valence-electron chi connectivity index (χ3n) is 1.02. The van der Waals surface area contributed by atoms with Gasteiger partial charge in [-0.05, 0) is 0 Å². The first kappa shape index (κ1) is 9.99. The molecule has 62 valence electrons. The molecule has 0 bridgehead atoms. The molecule has 0 aliphatic carbocycles. The molecule has 5 nitrogen and oxygen atoms in total. The standard InChI is InChI=1S/C7H7N3O2/c1-5(11)10-4-7(12)6(2-8)3-9/h12H,4H2,1H3,(H,10,11). The van der Waals surface area contributed by atoms with Crippen LogP contribution in [0.15, 0.2) is 11.3 Å². The molecule has 0 radical (unpaired) electrons. The summed E-state index contributed by atoms with van der Waals surface area (Å²) in [5.41, 5.74) is -0.385. The summed E-state index contributed by atoms with van der Waals surface area (Å²) in [6.07, 6.45) is 0. The maximum atomic E-state index is 10.3. The van der Waals surface area contributed by atoms with Crippen molar-refractivity contribution in [3.8, 4) is 12.1 Å². The number of aliphatic hydroxyl groups excluding tert-OH is 1. The van der Waals surface area contributed by atoms with Crippen LogP contribution >= 0.6 is 0 Å². The van der Waals surface area contributed by atoms with E-state index in [1.54, 1.807) is 0 Å². The van der Waals surface area contributed by atoms with Gasteiger partial charge in [0.15, 0.2) is 5.57 Å². The lowest BCUT2D eigenvalue weighted by molar-refractivity contribution is -0.118. The van der Waals surface area contributed by atoms with Crippen LogP contribution in [-0.2, 0) is 4.79 Å². The normalized spacial score (nSPS) is 7.58. The first-order valence-electron chi connectivity index (χ1n) is 3.08. The van der Waals surface area contributed by atoms with Gasteiger partial charge in [-0.3, -0.25) is 4.79 Å². The third-order valence-corrected chi connectivity index (χ3v) is 1.02. The Labute approximate surface area is 69.5 Å². The minimum absolute atomic E-state index is 0.189. The average molecular weight is 165 g/mol. The Hall–Kier alpha value is -2.01. The zero-order chi connectivity index (χ0) is 9.56. The van der Waals surface area contributed by atoms with Gasteiger partial charge in [0.2, 0.25) is 5.91 Å². The van der Waals surface area contributed by atoms with Crippen LogP contribution in [0.5, 0.6) is 0 Å². The average Bonchev–Trinajstić information content (AvgIpc) is 2.03. The van der Waals surface area contributed by atoms with Crippen LogP contribution in [0.3, 0.4) is 0 Å². The Morgan fingerprint density at radius 2 is 2.00 bits per heavy atom. The quantitative estimate of drug-likeness (QED) is 0.444. The summed E-state index contributed by atoms with van der Waals surface area (Å²) in [7, 11) is 0. The van der Waals surface area contributed by atoms with Gasteiger partial charge in [-0.1, -0.05) is 0 Å². The van der Waals surface area contributed by atoms with Crippen LogP contribution in [0.25, 0.3) is 0 Å². The number of hydrogen-bond acceptors (Lipinski definition) is 4. The molecule has 0 aromatic carbocycles. The van der Waals surface area contributed by atoms with E-state index in [9.17, 15) is 4.79 Å². The van der Waals surface area contributed by atoms with Crippen LogP contribution in [0, 0.1) is 22.7 Å². The molecule has 12 heavy (non-hydrogen) atoms. The zero-order valence-electron chi connectivity index (χ0n) is 6.46. The predicted octanol–water partition coefficient (Wildman–Crippen LogP) is -0.0182. The molecular weight excluding hydrogens is 158 g/mol. The van der Waals surface area contributed by atoms with Gasteiger partial charge in [0.1, 0.15) is 17.9 Å². The molecule has 2 N–H and O–H groups in total. The molecule has 0 heterocycles. The Kier molecular flexibility index (Phi) is 3.96. The minimum atomic E-state index is -0.421. The highest BCUT2D eigenvalue weighted by Crippen LogP contribution is 1.96. The summed E-state index contributed by atoms with van der Waals surface area (Å²) in [5.74, 6) is -0.757. The number of rotatable bonds is 2. The molecule has 0 rings (SSSR count). The van der Waals surface area contributed by atoms with Crippen molar-refractivity contribution >= 4 is 5.91 Å². The fourth-order valence-electron chi connectivity index (χ4n) is 0.451. The molecule has 0 atom stereocenters. The van der Waals surface area contributed by atoms with Gasteiger partial charge in [-0.15, -0.1) is 0 Å². The van der Waals surface area contributed by atoms with Gasteiger partial charge in [0.25, 0.3) is 0 Å². The lowest BCUT2D eigenvalue weighted by Crippen LogP contribution is -2.22. The Morgan fingerprint density at radius 1 is 1.50 bits per heavy atom. The summed E-state index contributed by atoms with van der Waals surface area (Å²) in [6.45, 7) is 1.08. The molecule has 0 saturated carbocycles. The summed E-state index contributed by atoms with van der Waals surface area (Å²) in [5, 5.41) is 27.7. The predicted molar refractivity (Wildman–Crippen MR) is 39.6 cm³/mol. The number of hydrogen-bond donors (Lipinski definition) is 2. The van der Waals surface area contributed by atoms with Crippen molar-refractivity contribution in [1.29, 1.82) is 10.5 Å². The number of carbonyl (C=O) groups excluding carboxylic acids is 1. The van der Waals surface area contributed by atoms with Crippen LogP contribution in [0.2, 0.25) is 0 Å². The maximum absolute atomic E-state index is 10.3. The summed E-state index contributed by atoms with van der Waals surface area (Å²) in [6, 6.07) is 2.98. The molecule has 0 unspecified atom stereocenters. The minimum Gasteiger partial charge on any atom is -0.508 e. The van der Waals surface area contributed by atoms with Gasteiger partial charge in [-0.25, -0.2) is 0 Å². The number of aliphatic hydroxyl groups is 1. The first-order chi connectivity index (χ1) is 5.61. The van der Waals surface area contributed by atoms with E-state index in [1.165, 1.54) is 19.1 Å². The summed E-state index contributed by atoms with van der Waals surface area (Å²) in [4.78, 5) is 10.3. The molecule has 0 aromatic heterocycles. The Bertz CT molecular complexity index is 277. The fraction of sp³-hybridized carbons (Fsp3) is 0.286. The van der Waals surface area contributed by atoms with Crippen molar-refractivity contribution < 1.29 is 9.90 Å². The third kappa shape index (κ3) is 3.23. The highest BCUT2D eigenvalue weighted by molar-refractivity contribution is 5.73. The van der Waals surface area contributed by atoms with Crippen LogP contribution in [0.4, 0.5) is 0 Å². The monoisotopic (exact) mass is 165 g/mol. The van der Waals surface area contributed by atoms with E-state index < -0.39 is 5.76 Å². The van der Waals surface area contributed by atoms with Gasteiger partial charge in [-0.2, -0.15) is 10.5 Å². The second kappa shape index (κ2) is 4.75. The van der Waals surface area contributed by atoms with Gasteiger partial charge in [0.05, 0.1) is 6.54 Å². The van der Waals surface area contributed by atoms with Crippen molar-refractivity contribution in [2.75, 3.05) is 6.54 Å². The number of nitriles is 2. The van der Waals surface area contributed by atoms with E-state index in [4.69, 9.17) is 15.6 Å².